The zero-order chi connectivity index (χ0) is 11.4. The molecule has 2 unspecified atom stereocenters. The van der Waals surface area contributed by atoms with E-state index >= 15 is 0 Å². The van der Waals surface area contributed by atoms with Gasteiger partial charge in [0, 0.05) is 11.5 Å². The van der Waals surface area contributed by atoms with Crippen molar-refractivity contribution in [2.45, 2.75) is 39.7 Å². The minimum atomic E-state index is -0.493. The van der Waals surface area contributed by atoms with Crippen molar-refractivity contribution in [2.75, 3.05) is 6.54 Å². The van der Waals surface area contributed by atoms with Gasteiger partial charge < -0.3 is 15.3 Å². The molecule has 3 nitrogen and oxygen atoms in total. The van der Waals surface area contributed by atoms with Crippen molar-refractivity contribution in [3.63, 3.8) is 0 Å². The van der Waals surface area contributed by atoms with Crippen LogP contribution in [0, 0.1) is 19.8 Å². The molecule has 1 heterocycles. The number of hydrogen-bond donors (Lipinski definition) is 2. The lowest BCUT2D eigenvalue weighted by Crippen LogP contribution is -2.22. The van der Waals surface area contributed by atoms with Crippen molar-refractivity contribution in [3.8, 4) is 0 Å². The van der Waals surface area contributed by atoms with E-state index in [-0.39, 0.29) is 5.92 Å². The Morgan fingerprint density at radius 1 is 1.47 bits per heavy atom. The Balaban J connectivity index is 2.81. The third-order valence-electron chi connectivity index (χ3n) is 2.81. The van der Waals surface area contributed by atoms with Crippen LogP contribution in [0.5, 0.6) is 0 Å². The maximum absolute atomic E-state index is 10.2. The topological polar surface area (TPSA) is 59.4 Å². The second-order valence-electron chi connectivity index (χ2n) is 4.10. The number of aryl methyl sites for hydroxylation is 2. The van der Waals surface area contributed by atoms with Crippen molar-refractivity contribution in [1.82, 2.24) is 0 Å². The molecule has 3 N–H and O–H groups in total. The summed E-state index contributed by atoms with van der Waals surface area (Å²) in [5.74, 6) is 1.77. The van der Waals surface area contributed by atoms with Crippen LogP contribution in [-0.4, -0.2) is 11.7 Å². The van der Waals surface area contributed by atoms with Crippen molar-refractivity contribution >= 4 is 0 Å². The Morgan fingerprint density at radius 2 is 2.13 bits per heavy atom. The summed E-state index contributed by atoms with van der Waals surface area (Å²) in [6.07, 6.45) is 1.49. The Kier molecular flexibility index (Phi) is 4.36. The third kappa shape index (κ3) is 2.83. The fourth-order valence-corrected chi connectivity index (χ4v) is 1.97. The van der Waals surface area contributed by atoms with E-state index < -0.39 is 6.10 Å². The van der Waals surface area contributed by atoms with Gasteiger partial charge >= 0.3 is 0 Å². The van der Waals surface area contributed by atoms with Crippen LogP contribution in [0.1, 0.15) is 43.0 Å². The molecule has 0 fully saturated rings. The first-order valence-corrected chi connectivity index (χ1v) is 5.55. The van der Waals surface area contributed by atoms with Gasteiger partial charge in [-0.25, -0.2) is 0 Å². The van der Waals surface area contributed by atoms with Gasteiger partial charge in [0.15, 0.2) is 0 Å². The van der Waals surface area contributed by atoms with Crippen molar-refractivity contribution in [3.05, 3.63) is 23.2 Å². The average Bonchev–Trinajstić information content (AvgIpc) is 2.53. The lowest BCUT2D eigenvalue weighted by atomic mass is 9.92. The monoisotopic (exact) mass is 211 g/mol. The molecule has 0 aromatic carbocycles. The summed E-state index contributed by atoms with van der Waals surface area (Å²) < 4.78 is 5.41. The number of rotatable bonds is 5. The van der Waals surface area contributed by atoms with Crippen LogP contribution in [-0.2, 0) is 0 Å². The average molecular weight is 211 g/mol. The second-order valence-corrected chi connectivity index (χ2v) is 4.10. The molecule has 1 aromatic heterocycles. The molecule has 0 saturated carbocycles. The lowest BCUT2D eigenvalue weighted by Gasteiger charge is -2.20. The van der Waals surface area contributed by atoms with Gasteiger partial charge in [-0.15, -0.1) is 0 Å². The summed E-state index contributed by atoms with van der Waals surface area (Å²) in [5.41, 5.74) is 6.55. The standard InChI is InChI=1S/C12H21NO2/c1-4-5-10(7-13)12(14)11-6-8(2)15-9(11)3/h6,10,12,14H,4-5,7,13H2,1-3H3. The van der Waals surface area contributed by atoms with Crippen LogP contribution in [0.3, 0.4) is 0 Å². The number of hydrogen-bond acceptors (Lipinski definition) is 3. The fourth-order valence-electron chi connectivity index (χ4n) is 1.97. The lowest BCUT2D eigenvalue weighted by molar-refractivity contribution is 0.105. The predicted octanol–water partition coefficient (Wildman–Crippen LogP) is 2.30. The minimum absolute atomic E-state index is 0.130. The smallest absolute Gasteiger partial charge is 0.106 e. The Bertz CT molecular complexity index is 307. The molecule has 86 valence electrons. The molecule has 0 aliphatic carbocycles. The molecule has 0 saturated heterocycles. The molecular formula is C12H21NO2. The second kappa shape index (κ2) is 5.33. The van der Waals surface area contributed by atoms with E-state index in [4.69, 9.17) is 10.2 Å². The summed E-state index contributed by atoms with van der Waals surface area (Å²) >= 11 is 0. The summed E-state index contributed by atoms with van der Waals surface area (Å²) in [6.45, 7) is 6.38. The minimum Gasteiger partial charge on any atom is -0.466 e. The van der Waals surface area contributed by atoms with E-state index in [1.807, 2.05) is 19.9 Å². The van der Waals surface area contributed by atoms with Crippen molar-refractivity contribution < 1.29 is 9.52 Å². The van der Waals surface area contributed by atoms with Crippen molar-refractivity contribution in [1.29, 1.82) is 0 Å². The molecular weight excluding hydrogens is 190 g/mol. The van der Waals surface area contributed by atoms with Crippen molar-refractivity contribution in [2.24, 2.45) is 11.7 Å². The summed E-state index contributed by atoms with van der Waals surface area (Å²) in [6, 6.07) is 1.90. The normalized spacial score (nSPS) is 15.3. The highest BCUT2D eigenvalue weighted by Crippen LogP contribution is 2.29. The molecule has 0 amide bonds. The summed E-state index contributed by atoms with van der Waals surface area (Å²) in [4.78, 5) is 0. The number of aliphatic hydroxyl groups excluding tert-OH is 1. The third-order valence-corrected chi connectivity index (χ3v) is 2.81. The first-order valence-electron chi connectivity index (χ1n) is 5.55. The van der Waals surface area contributed by atoms with Gasteiger partial charge in [0.1, 0.15) is 11.5 Å². The molecule has 15 heavy (non-hydrogen) atoms. The number of aliphatic hydroxyl groups is 1. The molecule has 0 aliphatic rings. The molecule has 0 bridgehead atoms. The van der Waals surface area contributed by atoms with Crippen LogP contribution in [0.15, 0.2) is 10.5 Å². The maximum Gasteiger partial charge on any atom is 0.106 e. The predicted molar refractivity (Wildman–Crippen MR) is 60.6 cm³/mol. The Morgan fingerprint density at radius 3 is 2.53 bits per heavy atom. The quantitative estimate of drug-likeness (QED) is 0.785. The zero-order valence-corrected chi connectivity index (χ0v) is 9.79. The zero-order valence-electron chi connectivity index (χ0n) is 9.79. The highest BCUT2D eigenvalue weighted by atomic mass is 16.3. The molecule has 0 aliphatic heterocycles. The molecule has 0 radical (unpaired) electrons. The molecule has 3 heteroatoms. The van der Waals surface area contributed by atoms with E-state index in [0.29, 0.717) is 6.54 Å². The van der Waals surface area contributed by atoms with E-state index in [9.17, 15) is 5.11 Å². The summed E-state index contributed by atoms with van der Waals surface area (Å²) in [5, 5.41) is 10.2. The van der Waals surface area contributed by atoms with Crippen LogP contribution in [0.2, 0.25) is 0 Å². The maximum atomic E-state index is 10.2. The molecule has 0 spiro atoms. The van der Waals surface area contributed by atoms with Gasteiger partial charge in [0.25, 0.3) is 0 Å². The van der Waals surface area contributed by atoms with E-state index in [0.717, 1.165) is 29.9 Å². The first kappa shape index (κ1) is 12.3. The van der Waals surface area contributed by atoms with Gasteiger partial charge in [-0.3, -0.25) is 0 Å². The van der Waals surface area contributed by atoms with Crippen LogP contribution < -0.4 is 5.73 Å². The van der Waals surface area contributed by atoms with E-state index in [2.05, 4.69) is 6.92 Å². The van der Waals surface area contributed by atoms with Crippen LogP contribution >= 0.6 is 0 Å². The Labute approximate surface area is 91.3 Å². The summed E-state index contributed by atoms with van der Waals surface area (Å²) in [7, 11) is 0. The van der Waals surface area contributed by atoms with Crippen LogP contribution in [0.25, 0.3) is 0 Å². The van der Waals surface area contributed by atoms with Crippen LogP contribution in [0.4, 0.5) is 0 Å². The van der Waals surface area contributed by atoms with Gasteiger partial charge in [0.2, 0.25) is 0 Å². The van der Waals surface area contributed by atoms with E-state index in [1.54, 1.807) is 0 Å². The van der Waals surface area contributed by atoms with E-state index in [1.165, 1.54) is 0 Å². The largest absolute Gasteiger partial charge is 0.466 e. The van der Waals surface area contributed by atoms with Gasteiger partial charge in [-0.05, 0) is 32.9 Å². The molecule has 2 atom stereocenters. The first-order chi connectivity index (χ1) is 7.10. The van der Waals surface area contributed by atoms with Gasteiger partial charge in [0.05, 0.1) is 6.10 Å². The fraction of sp³-hybridized carbons (Fsp3) is 0.667. The highest BCUT2D eigenvalue weighted by Gasteiger charge is 2.22. The number of furan rings is 1. The van der Waals surface area contributed by atoms with Gasteiger partial charge in [-0.2, -0.15) is 0 Å². The van der Waals surface area contributed by atoms with Gasteiger partial charge in [-0.1, -0.05) is 13.3 Å². The molecule has 1 rings (SSSR count). The number of nitrogens with two attached hydrogens (primary N) is 1. The molecule has 1 aromatic rings. The highest BCUT2D eigenvalue weighted by molar-refractivity contribution is 5.23. The SMILES string of the molecule is CCCC(CN)C(O)c1cc(C)oc1C. The Hall–Kier alpha value is -0.800.